The molecule has 7 heteroatoms. The van der Waals surface area contributed by atoms with Crippen LogP contribution >= 0.6 is 0 Å². The Morgan fingerprint density at radius 3 is 2.81 bits per heavy atom. The van der Waals surface area contributed by atoms with E-state index in [1.54, 1.807) is 19.6 Å². The summed E-state index contributed by atoms with van der Waals surface area (Å²) < 4.78 is 20.6. The van der Waals surface area contributed by atoms with Gasteiger partial charge in [0.2, 0.25) is 5.91 Å². The highest BCUT2D eigenvalue weighted by atomic mass is 16.5. The van der Waals surface area contributed by atoms with E-state index in [9.17, 15) is 4.79 Å². The molecule has 5 rings (SSSR count). The van der Waals surface area contributed by atoms with Crippen LogP contribution in [0.25, 0.3) is 0 Å². The Bertz CT molecular complexity index is 964. The first kappa shape index (κ1) is 21.3. The number of benzene rings is 1. The van der Waals surface area contributed by atoms with E-state index in [2.05, 4.69) is 24.9 Å². The van der Waals surface area contributed by atoms with Gasteiger partial charge in [0.05, 0.1) is 26.1 Å². The molecular weight excluding hydrogens is 406 g/mol. The average Bonchev–Trinajstić information content (AvgIpc) is 3.31. The van der Waals surface area contributed by atoms with Crippen LogP contribution in [0.15, 0.2) is 36.9 Å². The summed E-state index contributed by atoms with van der Waals surface area (Å²) in [4.78, 5) is 18.8. The van der Waals surface area contributed by atoms with Crippen molar-refractivity contribution in [3.8, 4) is 11.5 Å². The third-order valence-electron chi connectivity index (χ3n) is 7.70. The number of ether oxygens (including phenoxy) is 3. The van der Waals surface area contributed by atoms with Crippen LogP contribution in [0.3, 0.4) is 0 Å². The van der Waals surface area contributed by atoms with E-state index in [4.69, 9.17) is 14.2 Å². The lowest BCUT2D eigenvalue weighted by atomic mass is 9.64. The van der Waals surface area contributed by atoms with Crippen molar-refractivity contribution < 1.29 is 19.0 Å². The number of hydrogen-bond donors (Lipinski definition) is 0. The number of likely N-dealkylation sites (tertiary alicyclic amines) is 1. The number of aromatic nitrogens is 2. The number of para-hydroxylation sites is 1. The molecule has 1 amide bonds. The standard InChI is InChI=1S/C25H33N3O4/c1-24(2)19-15-25(16-31-22(19)18-5-4-6-20(30-3)23(18)32-24)8-12-28(13-9-25)21(29)7-11-27-14-10-26-17-27/h4-6,10,14,17,19,22H,7-9,11-13,15-16H2,1-3H3/t19-,22+/m0/s1. The predicted molar refractivity (Wildman–Crippen MR) is 120 cm³/mol. The van der Waals surface area contributed by atoms with E-state index in [1.807, 2.05) is 27.8 Å². The molecule has 7 nitrogen and oxygen atoms in total. The lowest BCUT2D eigenvalue weighted by Crippen LogP contribution is -2.54. The molecule has 2 saturated heterocycles. The van der Waals surface area contributed by atoms with Crippen molar-refractivity contribution in [2.45, 2.75) is 57.8 Å². The Balaban J connectivity index is 1.25. The molecule has 0 bridgehead atoms. The van der Waals surface area contributed by atoms with Crippen molar-refractivity contribution >= 4 is 5.91 Å². The molecule has 172 valence electrons. The summed E-state index contributed by atoms with van der Waals surface area (Å²) in [7, 11) is 1.68. The molecule has 3 aliphatic rings. The van der Waals surface area contributed by atoms with Crippen molar-refractivity contribution in [1.82, 2.24) is 14.5 Å². The third kappa shape index (κ3) is 3.76. The number of amides is 1. The molecule has 0 saturated carbocycles. The van der Waals surface area contributed by atoms with Gasteiger partial charge in [-0.05, 0) is 44.6 Å². The van der Waals surface area contributed by atoms with E-state index in [0.717, 1.165) is 56.0 Å². The second-order valence-electron chi connectivity index (χ2n) is 10.1. The lowest BCUT2D eigenvalue weighted by Gasteiger charge is -2.54. The second kappa shape index (κ2) is 8.10. The molecule has 0 radical (unpaired) electrons. The summed E-state index contributed by atoms with van der Waals surface area (Å²) >= 11 is 0. The average molecular weight is 440 g/mol. The zero-order valence-corrected chi connectivity index (χ0v) is 19.3. The van der Waals surface area contributed by atoms with Gasteiger partial charge in [0, 0.05) is 49.9 Å². The van der Waals surface area contributed by atoms with Gasteiger partial charge in [0.15, 0.2) is 11.5 Å². The van der Waals surface area contributed by atoms with Gasteiger partial charge in [-0.25, -0.2) is 4.98 Å². The molecule has 1 aromatic carbocycles. The quantitative estimate of drug-likeness (QED) is 0.724. The van der Waals surface area contributed by atoms with Crippen LogP contribution in [0.4, 0.5) is 0 Å². The largest absolute Gasteiger partial charge is 0.493 e. The number of hydrogen-bond acceptors (Lipinski definition) is 5. The summed E-state index contributed by atoms with van der Waals surface area (Å²) in [5.74, 6) is 2.07. The summed E-state index contributed by atoms with van der Waals surface area (Å²) in [5.41, 5.74) is 0.854. The van der Waals surface area contributed by atoms with E-state index in [-0.39, 0.29) is 28.9 Å². The highest BCUT2D eigenvalue weighted by Gasteiger charge is 2.53. The van der Waals surface area contributed by atoms with Gasteiger partial charge in [-0.3, -0.25) is 4.79 Å². The summed E-state index contributed by atoms with van der Waals surface area (Å²) in [6.45, 7) is 7.35. The molecule has 0 N–H and O–H groups in total. The van der Waals surface area contributed by atoms with Crippen LogP contribution < -0.4 is 9.47 Å². The van der Waals surface area contributed by atoms with Gasteiger partial charge in [-0.1, -0.05) is 12.1 Å². The SMILES string of the molecule is COc1cccc2c1OC(C)(C)[C@H]1CC3(CCN(C(=O)CCn4ccnc4)CC3)CO[C@H]21. The molecule has 3 aliphatic heterocycles. The minimum atomic E-state index is -0.350. The highest BCUT2D eigenvalue weighted by molar-refractivity contribution is 5.76. The van der Waals surface area contributed by atoms with Crippen molar-refractivity contribution in [3.05, 3.63) is 42.5 Å². The number of rotatable bonds is 4. The van der Waals surface area contributed by atoms with E-state index in [1.165, 1.54) is 0 Å². The Labute approximate surface area is 189 Å². The van der Waals surface area contributed by atoms with Gasteiger partial charge >= 0.3 is 0 Å². The van der Waals surface area contributed by atoms with Gasteiger partial charge in [0.1, 0.15) is 5.60 Å². The fraction of sp³-hybridized carbons (Fsp3) is 0.600. The molecular formula is C25H33N3O4. The van der Waals surface area contributed by atoms with E-state index >= 15 is 0 Å². The summed E-state index contributed by atoms with van der Waals surface area (Å²) in [5, 5.41) is 0. The van der Waals surface area contributed by atoms with Crippen molar-refractivity contribution in [1.29, 1.82) is 0 Å². The molecule has 2 fully saturated rings. The number of carbonyl (C=O) groups excluding carboxylic acids is 1. The number of fused-ring (bicyclic) bond motifs is 3. The number of imidazole rings is 1. The molecule has 2 aromatic rings. The zero-order chi connectivity index (χ0) is 22.3. The first-order chi connectivity index (χ1) is 15.4. The minimum absolute atomic E-state index is 0.0179. The van der Waals surface area contributed by atoms with Gasteiger partial charge < -0.3 is 23.7 Å². The molecule has 2 atom stereocenters. The molecule has 0 unspecified atom stereocenters. The number of piperidine rings is 1. The number of methoxy groups -OCH3 is 1. The Morgan fingerprint density at radius 1 is 1.28 bits per heavy atom. The van der Waals surface area contributed by atoms with Gasteiger partial charge in [-0.15, -0.1) is 0 Å². The van der Waals surface area contributed by atoms with Crippen LogP contribution in [0, 0.1) is 11.3 Å². The normalized spacial score (nSPS) is 25.5. The number of nitrogens with zero attached hydrogens (tertiary/aromatic N) is 3. The fourth-order valence-corrected chi connectivity index (χ4v) is 5.68. The zero-order valence-electron chi connectivity index (χ0n) is 19.3. The topological polar surface area (TPSA) is 65.8 Å². The maximum atomic E-state index is 12.7. The lowest BCUT2D eigenvalue weighted by molar-refractivity contribution is -0.176. The van der Waals surface area contributed by atoms with Crippen LogP contribution in [-0.4, -0.2) is 52.8 Å². The smallest absolute Gasteiger partial charge is 0.224 e. The first-order valence-electron chi connectivity index (χ1n) is 11.6. The highest BCUT2D eigenvalue weighted by Crippen LogP contribution is 2.57. The first-order valence-corrected chi connectivity index (χ1v) is 11.6. The number of aryl methyl sites for hydroxylation is 1. The molecule has 32 heavy (non-hydrogen) atoms. The molecule has 0 aliphatic carbocycles. The summed E-state index contributed by atoms with van der Waals surface area (Å²) in [6.07, 6.45) is 8.96. The Hall–Kier alpha value is -2.54. The maximum Gasteiger partial charge on any atom is 0.224 e. The fourth-order valence-electron chi connectivity index (χ4n) is 5.68. The monoisotopic (exact) mass is 439 g/mol. The van der Waals surface area contributed by atoms with Crippen LogP contribution in [0.5, 0.6) is 11.5 Å². The Morgan fingerprint density at radius 2 is 2.09 bits per heavy atom. The predicted octanol–water partition coefficient (Wildman–Crippen LogP) is 3.84. The van der Waals surface area contributed by atoms with Crippen LogP contribution in [0.2, 0.25) is 0 Å². The second-order valence-corrected chi connectivity index (χ2v) is 10.1. The van der Waals surface area contributed by atoms with Crippen molar-refractivity contribution in [2.75, 3.05) is 26.8 Å². The molecule has 1 spiro atoms. The minimum Gasteiger partial charge on any atom is -0.493 e. The van der Waals surface area contributed by atoms with Crippen molar-refractivity contribution in [2.24, 2.45) is 11.3 Å². The molecule has 1 aromatic heterocycles. The van der Waals surface area contributed by atoms with E-state index < -0.39 is 0 Å². The maximum absolute atomic E-state index is 12.7. The van der Waals surface area contributed by atoms with Crippen LogP contribution in [-0.2, 0) is 16.1 Å². The Kier molecular flexibility index (Phi) is 5.40. The van der Waals surface area contributed by atoms with Gasteiger partial charge in [-0.2, -0.15) is 0 Å². The van der Waals surface area contributed by atoms with Crippen LogP contribution in [0.1, 0.15) is 51.2 Å². The van der Waals surface area contributed by atoms with Crippen molar-refractivity contribution in [3.63, 3.8) is 0 Å². The molecule has 4 heterocycles. The van der Waals surface area contributed by atoms with Gasteiger partial charge in [0.25, 0.3) is 0 Å². The van der Waals surface area contributed by atoms with E-state index in [0.29, 0.717) is 13.0 Å². The summed E-state index contributed by atoms with van der Waals surface area (Å²) in [6, 6.07) is 6.06. The number of carbonyl (C=O) groups is 1. The third-order valence-corrected chi connectivity index (χ3v) is 7.70.